The van der Waals surface area contributed by atoms with E-state index in [4.69, 9.17) is 0 Å². The minimum atomic E-state index is 0.749. The molecular weight excluding hydrogens is 148 g/mol. The summed E-state index contributed by atoms with van der Waals surface area (Å²) in [7, 11) is 0. The molecule has 0 aromatic rings. The highest BCUT2D eigenvalue weighted by Gasteiger charge is 2.33. The Morgan fingerprint density at radius 1 is 1.08 bits per heavy atom. The van der Waals surface area contributed by atoms with Gasteiger partial charge in [-0.15, -0.1) is 0 Å². The third kappa shape index (κ3) is 1.38. The van der Waals surface area contributed by atoms with Crippen LogP contribution < -0.4 is 5.32 Å². The van der Waals surface area contributed by atoms with Crippen LogP contribution in [0.25, 0.3) is 0 Å². The Balaban J connectivity index is 1.97. The summed E-state index contributed by atoms with van der Waals surface area (Å²) in [6, 6.07) is 2.41. The van der Waals surface area contributed by atoms with Crippen molar-refractivity contribution in [1.29, 1.82) is 0 Å². The van der Waals surface area contributed by atoms with Crippen LogP contribution in [0.3, 0.4) is 0 Å². The number of hydrogen-bond donors (Lipinski definition) is 1. The molecule has 0 aromatic carbocycles. The van der Waals surface area contributed by atoms with Gasteiger partial charge in [0.2, 0.25) is 0 Å². The van der Waals surface area contributed by atoms with E-state index in [1.807, 2.05) is 0 Å². The van der Waals surface area contributed by atoms with Gasteiger partial charge in [0, 0.05) is 31.2 Å². The Hall–Kier alpha value is -0.0800. The zero-order chi connectivity index (χ0) is 8.55. The van der Waals surface area contributed by atoms with E-state index in [9.17, 15) is 0 Å². The summed E-state index contributed by atoms with van der Waals surface area (Å²) in [4.78, 5) is 2.72. The third-order valence-electron chi connectivity index (χ3n) is 3.39. The van der Waals surface area contributed by atoms with E-state index in [1.165, 1.54) is 32.4 Å². The van der Waals surface area contributed by atoms with Crippen LogP contribution in [0.4, 0.5) is 0 Å². The van der Waals surface area contributed by atoms with E-state index in [2.05, 4.69) is 24.1 Å². The van der Waals surface area contributed by atoms with Gasteiger partial charge in [0.1, 0.15) is 0 Å². The van der Waals surface area contributed by atoms with Gasteiger partial charge < -0.3 is 5.32 Å². The highest BCUT2D eigenvalue weighted by molar-refractivity contribution is 4.90. The highest BCUT2D eigenvalue weighted by Crippen LogP contribution is 2.28. The number of piperazine rings is 1. The van der Waals surface area contributed by atoms with E-state index in [-0.39, 0.29) is 0 Å². The molecule has 2 nitrogen and oxygen atoms in total. The first-order chi connectivity index (χ1) is 5.79. The average molecular weight is 168 g/mol. The van der Waals surface area contributed by atoms with E-state index in [0.717, 1.165) is 18.1 Å². The smallest absolute Gasteiger partial charge is 0.0198 e. The van der Waals surface area contributed by atoms with Crippen LogP contribution >= 0.6 is 0 Å². The first-order valence-corrected chi connectivity index (χ1v) is 5.27. The molecule has 2 unspecified atom stereocenters. The average Bonchev–Trinajstić information content (AvgIpc) is 1.93. The lowest BCUT2D eigenvalue weighted by molar-refractivity contribution is 0.0284. The van der Waals surface area contributed by atoms with Gasteiger partial charge >= 0.3 is 0 Å². The largest absolute Gasteiger partial charge is 0.314 e. The quantitative estimate of drug-likeness (QED) is 0.633. The lowest BCUT2D eigenvalue weighted by atomic mass is 9.88. The molecule has 1 heterocycles. The standard InChI is InChI=1S/C10H20N2/c1-8-6-11-7-9(2)12(8)10-4-3-5-10/h8-11H,3-7H2,1-2H3. The van der Waals surface area contributed by atoms with Crippen molar-refractivity contribution in [3.63, 3.8) is 0 Å². The summed E-state index contributed by atoms with van der Waals surface area (Å²) in [5.41, 5.74) is 0. The minimum absolute atomic E-state index is 0.749. The molecule has 12 heavy (non-hydrogen) atoms. The molecule has 70 valence electrons. The number of nitrogens with zero attached hydrogens (tertiary/aromatic N) is 1. The second-order valence-electron chi connectivity index (χ2n) is 4.39. The van der Waals surface area contributed by atoms with Crippen LogP contribution in [0.2, 0.25) is 0 Å². The van der Waals surface area contributed by atoms with Gasteiger partial charge in [-0.3, -0.25) is 4.90 Å². The SMILES string of the molecule is CC1CNCC(C)N1C1CCC1. The Morgan fingerprint density at radius 2 is 1.67 bits per heavy atom. The summed E-state index contributed by atoms with van der Waals surface area (Å²) < 4.78 is 0. The van der Waals surface area contributed by atoms with Gasteiger partial charge in [-0.2, -0.15) is 0 Å². The molecule has 1 saturated carbocycles. The van der Waals surface area contributed by atoms with Crippen molar-refractivity contribution >= 4 is 0 Å². The predicted octanol–water partition coefficient (Wildman–Crippen LogP) is 1.22. The molecule has 0 aromatic heterocycles. The van der Waals surface area contributed by atoms with Crippen LogP contribution in [-0.4, -0.2) is 36.1 Å². The van der Waals surface area contributed by atoms with E-state index in [1.54, 1.807) is 0 Å². The van der Waals surface area contributed by atoms with Crippen molar-refractivity contribution in [3.05, 3.63) is 0 Å². The predicted molar refractivity (Wildman–Crippen MR) is 51.3 cm³/mol. The molecule has 0 radical (unpaired) electrons. The maximum absolute atomic E-state index is 3.48. The zero-order valence-electron chi connectivity index (χ0n) is 8.21. The molecule has 1 N–H and O–H groups in total. The molecule has 0 amide bonds. The van der Waals surface area contributed by atoms with Gasteiger partial charge in [-0.25, -0.2) is 0 Å². The zero-order valence-corrected chi connectivity index (χ0v) is 8.21. The number of rotatable bonds is 1. The highest BCUT2D eigenvalue weighted by atomic mass is 15.3. The molecule has 2 heteroatoms. The van der Waals surface area contributed by atoms with Gasteiger partial charge in [-0.05, 0) is 26.7 Å². The van der Waals surface area contributed by atoms with Gasteiger partial charge in [0.25, 0.3) is 0 Å². The normalized spacial score (nSPS) is 39.5. The fourth-order valence-electron chi connectivity index (χ4n) is 2.55. The van der Waals surface area contributed by atoms with E-state index in [0.29, 0.717) is 0 Å². The fourth-order valence-corrected chi connectivity index (χ4v) is 2.55. The Labute approximate surface area is 75.3 Å². The summed E-state index contributed by atoms with van der Waals surface area (Å²) in [6.45, 7) is 7.06. The minimum Gasteiger partial charge on any atom is -0.314 e. The van der Waals surface area contributed by atoms with Crippen LogP contribution in [0.15, 0.2) is 0 Å². The second-order valence-corrected chi connectivity index (χ2v) is 4.39. The fraction of sp³-hybridized carbons (Fsp3) is 1.00. The summed E-state index contributed by atoms with van der Waals surface area (Å²) in [5.74, 6) is 0. The molecule has 1 saturated heterocycles. The van der Waals surface area contributed by atoms with Gasteiger partial charge in [0.15, 0.2) is 0 Å². The topological polar surface area (TPSA) is 15.3 Å². The molecular formula is C10H20N2. The molecule has 1 aliphatic carbocycles. The van der Waals surface area contributed by atoms with Crippen molar-refractivity contribution in [1.82, 2.24) is 10.2 Å². The maximum atomic E-state index is 3.48. The molecule has 2 atom stereocenters. The monoisotopic (exact) mass is 168 g/mol. The maximum Gasteiger partial charge on any atom is 0.0198 e. The Morgan fingerprint density at radius 3 is 2.08 bits per heavy atom. The van der Waals surface area contributed by atoms with Crippen LogP contribution in [0.5, 0.6) is 0 Å². The first kappa shape index (κ1) is 8.52. The van der Waals surface area contributed by atoms with Crippen molar-refractivity contribution in [2.75, 3.05) is 13.1 Å². The van der Waals surface area contributed by atoms with Crippen molar-refractivity contribution in [2.45, 2.75) is 51.2 Å². The number of hydrogen-bond acceptors (Lipinski definition) is 2. The van der Waals surface area contributed by atoms with Gasteiger partial charge in [0.05, 0.1) is 0 Å². The van der Waals surface area contributed by atoms with Crippen LogP contribution in [0, 0.1) is 0 Å². The lowest BCUT2D eigenvalue weighted by Crippen LogP contribution is -2.60. The molecule has 2 fully saturated rings. The summed E-state index contributed by atoms with van der Waals surface area (Å²) >= 11 is 0. The molecule has 0 bridgehead atoms. The summed E-state index contributed by atoms with van der Waals surface area (Å²) in [5, 5.41) is 3.48. The van der Waals surface area contributed by atoms with Crippen LogP contribution in [-0.2, 0) is 0 Å². The third-order valence-corrected chi connectivity index (χ3v) is 3.39. The summed E-state index contributed by atoms with van der Waals surface area (Å²) in [6.07, 6.45) is 4.33. The second kappa shape index (κ2) is 3.35. The van der Waals surface area contributed by atoms with Gasteiger partial charge in [-0.1, -0.05) is 6.42 Å². The number of nitrogens with one attached hydrogen (secondary N) is 1. The van der Waals surface area contributed by atoms with Crippen molar-refractivity contribution in [2.24, 2.45) is 0 Å². The molecule has 2 rings (SSSR count). The Bertz CT molecular complexity index is 141. The molecule has 2 aliphatic rings. The van der Waals surface area contributed by atoms with E-state index < -0.39 is 0 Å². The lowest BCUT2D eigenvalue weighted by Gasteiger charge is -2.48. The molecule has 0 spiro atoms. The van der Waals surface area contributed by atoms with Crippen molar-refractivity contribution in [3.8, 4) is 0 Å². The molecule has 1 aliphatic heterocycles. The van der Waals surface area contributed by atoms with E-state index >= 15 is 0 Å². The van der Waals surface area contributed by atoms with Crippen molar-refractivity contribution < 1.29 is 0 Å². The van der Waals surface area contributed by atoms with Crippen LogP contribution in [0.1, 0.15) is 33.1 Å². The first-order valence-electron chi connectivity index (χ1n) is 5.27. The Kier molecular flexibility index (Phi) is 2.37.